The summed E-state index contributed by atoms with van der Waals surface area (Å²) in [7, 11) is 1.45. The van der Waals surface area contributed by atoms with Crippen molar-refractivity contribution in [3.8, 4) is 5.75 Å². The molecule has 0 saturated heterocycles. The molecule has 0 fully saturated rings. The van der Waals surface area contributed by atoms with Crippen LogP contribution in [0.4, 0.5) is 13.2 Å². The quantitative estimate of drug-likeness (QED) is 0.891. The molecule has 8 heteroatoms. The van der Waals surface area contributed by atoms with E-state index in [-0.39, 0.29) is 24.8 Å². The summed E-state index contributed by atoms with van der Waals surface area (Å²) in [6.07, 6.45) is -4.42. The van der Waals surface area contributed by atoms with Gasteiger partial charge in [-0.05, 0) is 45.0 Å². The zero-order chi connectivity index (χ0) is 18.5. The maximum absolute atomic E-state index is 12.4. The second-order valence-electron chi connectivity index (χ2n) is 6.36. The number of benzene rings is 1. The lowest BCUT2D eigenvalue weighted by atomic mass is 10.1. The third-order valence-corrected chi connectivity index (χ3v) is 2.86. The van der Waals surface area contributed by atoms with Crippen molar-refractivity contribution in [2.75, 3.05) is 20.2 Å². The Balaban J connectivity index is 2.49. The molecule has 0 heterocycles. The van der Waals surface area contributed by atoms with Gasteiger partial charge in [0.05, 0.1) is 12.1 Å². The van der Waals surface area contributed by atoms with Crippen LogP contribution >= 0.6 is 0 Å². The van der Waals surface area contributed by atoms with Crippen LogP contribution < -0.4 is 10.1 Å². The molecular formula is C16H21F3N2O3. The number of rotatable bonds is 5. The molecule has 0 aliphatic carbocycles. The molecule has 0 bridgehead atoms. The van der Waals surface area contributed by atoms with Crippen LogP contribution in [-0.2, 0) is 15.8 Å². The zero-order valence-electron chi connectivity index (χ0n) is 14.0. The number of carbonyl (C=O) groups is 2. The van der Waals surface area contributed by atoms with Gasteiger partial charge in [0, 0.05) is 12.6 Å². The fraction of sp³-hybridized carbons (Fsp3) is 0.500. The lowest BCUT2D eigenvalue weighted by Gasteiger charge is -2.23. The van der Waals surface area contributed by atoms with Gasteiger partial charge in [-0.3, -0.25) is 9.59 Å². The maximum Gasteiger partial charge on any atom is 0.416 e. The van der Waals surface area contributed by atoms with E-state index in [4.69, 9.17) is 4.74 Å². The van der Waals surface area contributed by atoms with Crippen LogP contribution in [0.25, 0.3) is 0 Å². The number of likely N-dealkylation sites (N-methyl/N-ethyl adjacent to an activating group) is 1. The lowest BCUT2D eigenvalue weighted by Crippen LogP contribution is -2.47. The van der Waals surface area contributed by atoms with Crippen molar-refractivity contribution in [3.05, 3.63) is 29.8 Å². The van der Waals surface area contributed by atoms with E-state index < -0.39 is 23.2 Å². The van der Waals surface area contributed by atoms with Gasteiger partial charge < -0.3 is 15.0 Å². The molecule has 2 amide bonds. The summed E-state index contributed by atoms with van der Waals surface area (Å²) in [5, 5.41) is 2.72. The van der Waals surface area contributed by atoms with Gasteiger partial charge in [0.15, 0.2) is 6.61 Å². The Kier molecular flexibility index (Phi) is 6.22. The van der Waals surface area contributed by atoms with Crippen molar-refractivity contribution in [2.24, 2.45) is 0 Å². The Hall–Kier alpha value is -2.25. The van der Waals surface area contributed by atoms with Gasteiger partial charge in [0.2, 0.25) is 5.91 Å². The standard InChI is InChI=1S/C16H21F3N2O3/c1-15(2,3)20-13(22)9-21(4)14(23)10-24-12-7-5-11(6-8-12)16(17,18)19/h5-8H,9-10H2,1-4H3,(H,20,22). The minimum Gasteiger partial charge on any atom is -0.484 e. The number of nitrogens with zero attached hydrogens (tertiary/aromatic N) is 1. The summed E-state index contributed by atoms with van der Waals surface area (Å²) in [5.41, 5.74) is -1.20. The largest absolute Gasteiger partial charge is 0.484 e. The van der Waals surface area contributed by atoms with Crippen LogP contribution in [0.3, 0.4) is 0 Å². The number of hydrogen-bond donors (Lipinski definition) is 1. The van der Waals surface area contributed by atoms with Crippen molar-refractivity contribution in [1.29, 1.82) is 0 Å². The fourth-order valence-corrected chi connectivity index (χ4v) is 1.76. The first-order valence-corrected chi connectivity index (χ1v) is 7.23. The SMILES string of the molecule is CN(CC(=O)NC(C)(C)C)C(=O)COc1ccc(C(F)(F)F)cc1. The number of ether oxygens (including phenoxy) is 1. The Bertz CT molecular complexity index is 578. The highest BCUT2D eigenvalue weighted by atomic mass is 19.4. The van der Waals surface area contributed by atoms with Crippen LogP contribution in [0.5, 0.6) is 5.75 Å². The zero-order valence-corrected chi connectivity index (χ0v) is 14.0. The van der Waals surface area contributed by atoms with Gasteiger partial charge in [-0.2, -0.15) is 13.2 Å². The van der Waals surface area contributed by atoms with Crippen molar-refractivity contribution in [3.63, 3.8) is 0 Å². The van der Waals surface area contributed by atoms with E-state index in [1.54, 1.807) is 0 Å². The third kappa shape index (κ3) is 6.89. The van der Waals surface area contributed by atoms with Crippen LogP contribution in [0, 0.1) is 0 Å². The smallest absolute Gasteiger partial charge is 0.416 e. The number of nitrogens with one attached hydrogen (secondary N) is 1. The lowest BCUT2D eigenvalue weighted by molar-refractivity contribution is -0.137. The van der Waals surface area contributed by atoms with E-state index in [0.717, 1.165) is 24.3 Å². The Morgan fingerprint density at radius 2 is 1.67 bits per heavy atom. The van der Waals surface area contributed by atoms with Gasteiger partial charge in [0.1, 0.15) is 5.75 Å². The number of amides is 2. The molecule has 0 aliphatic rings. The Labute approximate surface area is 138 Å². The summed E-state index contributed by atoms with van der Waals surface area (Å²) in [6.45, 7) is 4.96. The molecule has 24 heavy (non-hydrogen) atoms. The van der Waals surface area contributed by atoms with Crippen molar-refractivity contribution in [1.82, 2.24) is 10.2 Å². The second kappa shape index (κ2) is 7.55. The topological polar surface area (TPSA) is 58.6 Å². The Morgan fingerprint density at radius 3 is 2.12 bits per heavy atom. The number of carbonyl (C=O) groups excluding carboxylic acids is 2. The number of hydrogen-bond acceptors (Lipinski definition) is 3. The van der Waals surface area contributed by atoms with Gasteiger partial charge >= 0.3 is 6.18 Å². The van der Waals surface area contributed by atoms with Gasteiger partial charge in [-0.15, -0.1) is 0 Å². The molecule has 1 aromatic carbocycles. The summed E-state index contributed by atoms with van der Waals surface area (Å²) >= 11 is 0. The van der Waals surface area contributed by atoms with E-state index in [1.165, 1.54) is 11.9 Å². The van der Waals surface area contributed by atoms with Gasteiger partial charge in [-0.1, -0.05) is 0 Å². The molecular weight excluding hydrogens is 325 g/mol. The molecule has 134 valence electrons. The van der Waals surface area contributed by atoms with Gasteiger partial charge in [0.25, 0.3) is 5.91 Å². The van der Waals surface area contributed by atoms with E-state index in [0.29, 0.717) is 0 Å². The van der Waals surface area contributed by atoms with Crippen LogP contribution in [0.15, 0.2) is 24.3 Å². The third-order valence-electron chi connectivity index (χ3n) is 2.86. The van der Waals surface area contributed by atoms with E-state index in [1.807, 2.05) is 20.8 Å². The maximum atomic E-state index is 12.4. The predicted octanol–water partition coefficient (Wildman–Crippen LogP) is 2.46. The molecule has 0 spiro atoms. The molecule has 0 radical (unpaired) electrons. The van der Waals surface area contributed by atoms with E-state index in [9.17, 15) is 22.8 Å². The predicted molar refractivity (Wildman–Crippen MR) is 82.5 cm³/mol. The van der Waals surface area contributed by atoms with Crippen molar-refractivity contribution >= 4 is 11.8 Å². The molecule has 0 atom stereocenters. The molecule has 5 nitrogen and oxygen atoms in total. The minimum absolute atomic E-state index is 0.132. The normalized spacial score (nSPS) is 11.8. The van der Waals surface area contributed by atoms with Crippen LogP contribution in [-0.4, -0.2) is 42.5 Å². The molecule has 1 rings (SSSR count). The highest BCUT2D eigenvalue weighted by Crippen LogP contribution is 2.30. The Morgan fingerprint density at radius 1 is 1.12 bits per heavy atom. The van der Waals surface area contributed by atoms with E-state index >= 15 is 0 Å². The van der Waals surface area contributed by atoms with Crippen molar-refractivity contribution < 1.29 is 27.5 Å². The number of halogens is 3. The first-order valence-electron chi connectivity index (χ1n) is 7.23. The average molecular weight is 346 g/mol. The van der Waals surface area contributed by atoms with E-state index in [2.05, 4.69) is 5.32 Å². The first kappa shape index (κ1) is 19.8. The molecule has 1 N–H and O–H groups in total. The molecule has 1 aromatic rings. The minimum atomic E-state index is -4.42. The summed E-state index contributed by atoms with van der Waals surface area (Å²) < 4.78 is 42.5. The molecule has 0 aliphatic heterocycles. The van der Waals surface area contributed by atoms with Crippen LogP contribution in [0.1, 0.15) is 26.3 Å². The van der Waals surface area contributed by atoms with Crippen molar-refractivity contribution in [2.45, 2.75) is 32.5 Å². The molecule has 0 saturated carbocycles. The monoisotopic (exact) mass is 346 g/mol. The summed E-state index contributed by atoms with van der Waals surface area (Å²) in [4.78, 5) is 24.8. The summed E-state index contributed by atoms with van der Waals surface area (Å²) in [5.74, 6) is -0.629. The highest BCUT2D eigenvalue weighted by molar-refractivity contribution is 5.85. The fourth-order valence-electron chi connectivity index (χ4n) is 1.76. The summed E-state index contributed by atoms with van der Waals surface area (Å²) in [6, 6.07) is 4.03. The van der Waals surface area contributed by atoms with Gasteiger partial charge in [-0.25, -0.2) is 0 Å². The first-order chi connectivity index (χ1) is 10.9. The molecule has 0 aromatic heterocycles. The highest BCUT2D eigenvalue weighted by Gasteiger charge is 2.30. The number of alkyl halides is 3. The molecule has 0 unspecified atom stereocenters. The average Bonchev–Trinajstić information content (AvgIpc) is 2.42. The second-order valence-corrected chi connectivity index (χ2v) is 6.36. The van der Waals surface area contributed by atoms with Crippen LogP contribution in [0.2, 0.25) is 0 Å².